The molecule has 0 saturated carbocycles. The fourth-order valence-electron chi connectivity index (χ4n) is 1.47. The van der Waals surface area contributed by atoms with E-state index >= 15 is 0 Å². The van der Waals surface area contributed by atoms with Crippen molar-refractivity contribution in [1.82, 2.24) is 4.98 Å². The molecule has 1 heterocycles. The number of hydrogen-bond donors (Lipinski definition) is 1. The first-order valence-corrected chi connectivity index (χ1v) is 5.01. The number of nitrogens with zero attached hydrogens (tertiary/aromatic N) is 1. The van der Waals surface area contributed by atoms with E-state index in [-0.39, 0.29) is 0 Å². The van der Waals surface area contributed by atoms with E-state index in [0.717, 1.165) is 16.8 Å². The molecule has 0 aliphatic carbocycles. The monoisotopic (exact) mass is 198 g/mol. The summed E-state index contributed by atoms with van der Waals surface area (Å²) in [5.41, 5.74) is 10.1. The maximum atomic E-state index is 5.55. The lowest BCUT2D eigenvalue weighted by molar-refractivity contribution is 1.07. The Labute approximate surface area is 89.8 Å². The highest BCUT2D eigenvalue weighted by Gasteiger charge is 1.97. The van der Waals surface area contributed by atoms with Gasteiger partial charge in [0.25, 0.3) is 0 Å². The van der Waals surface area contributed by atoms with Crippen LogP contribution in [-0.2, 0) is 6.54 Å². The molecule has 2 N–H and O–H groups in total. The Morgan fingerprint density at radius 1 is 1.00 bits per heavy atom. The molecule has 2 aromatic rings. The van der Waals surface area contributed by atoms with Gasteiger partial charge >= 0.3 is 0 Å². The third-order valence-corrected chi connectivity index (χ3v) is 2.43. The van der Waals surface area contributed by atoms with Crippen LogP contribution in [0.1, 0.15) is 11.3 Å². The average molecular weight is 198 g/mol. The van der Waals surface area contributed by atoms with E-state index in [1.54, 1.807) is 0 Å². The van der Waals surface area contributed by atoms with Gasteiger partial charge < -0.3 is 5.73 Å². The standard InChI is InChI=1S/C13H14N2/c1-10-2-5-13(9-15-10)12-6-3-11(8-14)4-7-12/h2-7,9H,8,14H2,1H3. The molecule has 0 radical (unpaired) electrons. The van der Waals surface area contributed by atoms with Gasteiger partial charge in [-0.15, -0.1) is 0 Å². The number of aryl methyl sites for hydroxylation is 1. The molecule has 0 aliphatic rings. The van der Waals surface area contributed by atoms with Crippen molar-refractivity contribution >= 4 is 0 Å². The van der Waals surface area contributed by atoms with Gasteiger partial charge in [0.2, 0.25) is 0 Å². The van der Waals surface area contributed by atoms with E-state index in [0.29, 0.717) is 6.54 Å². The van der Waals surface area contributed by atoms with Crippen molar-refractivity contribution in [2.75, 3.05) is 0 Å². The summed E-state index contributed by atoms with van der Waals surface area (Å²) < 4.78 is 0. The van der Waals surface area contributed by atoms with Gasteiger partial charge in [-0.25, -0.2) is 0 Å². The summed E-state index contributed by atoms with van der Waals surface area (Å²) in [6.45, 7) is 2.58. The summed E-state index contributed by atoms with van der Waals surface area (Å²) in [6, 6.07) is 12.4. The van der Waals surface area contributed by atoms with Crippen LogP contribution < -0.4 is 5.73 Å². The molecule has 0 fully saturated rings. The Kier molecular flexibility index (Phi) is 2.79. The number of rotatable bonds is 2. The van der Waals surface area contributed by atoms with Crippen molar-refractivity contribution in [3.8, 4) is 11.1 Å². The molecule has 0 amide bonds. The Hall–Kier alpha value is -1.67. The first-order chi connectivity index (χ1) is 7.29. The maximum absolute atomic E-state index is 5.55. The molecule has 0 saturated heterocycles. The van der Waals surface area contributed by atoms with Crippen LogP contribution in [0.4, 0.5) is 0 Å². The topological polar surface area (TPSA) is 38.9 Å². The van der Waals surface area contributed by atoms with Crippen molar-refractivity contribution in [2.24, 2.45) is 5.73 Å². The van der Waals surface area contributed by atoms with E-state index in [1.807, 2.05) is 19.2 Å². The first-order valence-electron chi connectivity index (χ1n) is 5.01. The van der Waals surface area contributed by atoms with Crippen LogP contribution in [0.2, 0.25) is 0 Å². The minimum atomic E-state index is 0.590. The van der Waals surface area contributed by atoms with Crippen molar-refractivity contribution in [2.45, 2.75) is 13.5 Å². The average Bonchev–Trinajstić information content (AvgIpc) is 2.30. The normalized spacial score (nSPS) is 10.3. The van der Waals surface area contributed by atoms with Gasteiger partial charge in [0, 0.05) is 24.0 Å². The highest BCUT2D eigenvalue weighted by molar-refractivity contribution is 5.62. The van der Waals surface area contributed by atoms with E-state index in [1.165, 1.54) is 5.56 Å². The van der Waals surface area contributed by atoms with Gasteiger partial charge in [0.15, 0.2) is 0 Å². The lowest BCUT2D eigenvalue weighted by Gasteiger charge is -2.02. The second-order valence-corrected chi connectivity index (χ2v) is 3.59. The number of benzene rings is 1. The fraction of sp³-hybridized carbons (Fsp3) is 0.154. The fourth-order valence-corrected chi connectivity index (χ4v) is 1.47. The number of hydrogen-bond acceptors (Lipinski definition) is 2. The molecule has 76 valence electrons. The summed E-state index contributed by atoms with van der Waals surface area (Å²) in [6.07, 6.45) is 1.90. The summed E-state index contributed by atoms with van der Waals surface area (Å²) in [7, 11) is 0. The first kappa shape index (κ1) is 9.87. The highest BCUT2D eigenvalue weighted by atomic mass is 14.7. The molecular weight excluding hydrogens is 184 g/mol. The van der Waals surface area contributed by atoms with Gasteiger partial charge in [-0.05, 0) is 24.1 Å². The SMILES string of the molecule is Cc1ccc(-c2ccc(CN)cc2)cn1. The lowest BCUT2D eigenvalue weighted by Crippen LogP contribution is -1.95. The highest BCUT2D eigenvalue weighted by Crippen LogP contribution is 2.18. The van der Waals surface area contributed by atoms with Crippen molar-refractivity contribution in [1.29, 1.82) is 0 Å². The molecule has 0 spiro atoms. The Balaban J connectivity index is 2.33. The van der Waals surface area contributed by atoms with E-state index in [9.17, 15) is 0 Å². The van der Waals surface area contributed by atoms with Crippen molar-refractivity contribution < 1.29 is 0 Å². The van der Waals surface area contributed by atoms with Crippen LogP contribution in [0.5, 0.6) is 0 Å². The van der Waals surface area contributed by atoms with Gasteiger partial charge in [0.05, 0.1) is 0 Å². The molecule has 15 heavy (non-hydrogen) atoms. The molecule has 1 aromatic heterocycles. The lowest BCUT2D eigenvalue weighted by atomic mass is 10.1. The third-order valence-electron chi connectivity index (χ3n) is 2.43. The van der Waals surface area contributed by atoms with Crippen molar-refractivity contribution in [3.63, 3.8) is 0 Å². The van der Waals surface area contributed by atoms with Crippen LogP contribution in [0, 0.1) is 6.92 Å². The smallest absolute Gasteiger partial charge is 0.0373 e. The van der Waals surface area contributed by atoms with Crippen LogP contribution >= 0.6 is 0 Å². The van der Waals surface area contributed by atoms with Gasteiger partial charge in [-0.2, -0.15) is 0 Å². The van der Waals surface area contributed by atoms with E-state index < -0.39 is 0 Å². The Bertz CT molecular complexity index is 429. The molecule has 2 heteroatoms. The largest absolute Gasteiger partial charge is 0.326 e. The zero-order valence-corrected chi connectivity index (χ0v) is 8.77. The molecule has 0 aliphatic heterocycles. The van der Waals surface area contributed by atoms with Gasteiger partial charge in [-0.1, -0.05) is 30.3 Å². The van der Waals surface area contributed by atoms with Crippen LogP contribution in [0.25, 0.3) is 11.1 Å². The Morgan fingerprint density at radius 2 is 1.67 bits per heavy atom. The summed E-state index contributed by atoms with van der Waals surface area (Å²) in [5.74, 6) is 0. The summed E-state index contributed by atoms with van der Waals surface area (Å²) >= 11 is 0. The summed E-state index contributed by atoms with van der Waals surface area (Å²) in [4.78, 5) is 4.27. The molecule has 2 nitrogen and oxygen atoms in total. The van der Waals surface area contributed by atoms with Crippen LogP contribution in [0.3, 0.4) is 0 Å². The van der Waals surface area contributed by atoms with E-state index in [4.69, 9.17) is 5.73 Å². The quantitative estimate of drug-likeness (QED) is 0.805. The van der Waals surface area contributed by atoms with E-state index in [2.05, 4.69) is 35.3 Å². The molecule has 0 unspecified atom stereocenters. The van der Waals surface area contributed by atoms with Crippen LogP contribution in [-0.4, -0.2) is 4.98 Å². The second-order valence-electron chi connectivity index (χ2n) is 3.59. The summed E-state index contributed by atoms with van der Waals surface area (Å²) in [5, 5.41) is 0. The van der Waals surface area contributed by atoms with Crippen LogP contribution in [0.15, 0.2) is 42.6 Å². The zero-order chi connectivity index (χ0) is 10.7. The maximum Gasteiger partial charge on any atom is 0.0373 e. The number of nitrogens with two attached hydrogens (primary N) is 1. The van der Waals surface area contributed by atoms with Crippen molar-refractivity contribution in [3.05, 3.63) is 53.9 Å². The molecular formula is C13H14N2. The third kappa shape index (κ3) is 2.22. The predicted octanol–water partition coefficient (Wildman–Crippen LogP) is 2.52. The zero-order valence-electron chi connectivity index (χ0n) is 8.77. The minimum absolute atomic E-state index is 0.590. The number of aromatic nitrogens is 1. The van der Waals surface area contributed by atoms with Gasteiger partial charge in [-0.3, -0.25) is 4.98 Å². The second kappa shape index (κ2) is 4.24. The molecule has 1 aromatic carbocycles. The minimum Gasteiger partial charge on any atom is -0.326 e. The Morgan fingerprint density at radius 3 is 2.20 bits per heavy atom. The number of pyridine rings is 1. The molecule has 0 bridgehead atoms. The van der Waals surface area contributed by atoms with Gasteiger partial charge in [0.1, 0.15) is 0 Å². The molecule has 0 atom stereocenters. The molecule has 2 rings (SSSR count). The predicted molar refractivity (Wildman–Crippen MR) is 62.3 cm³/mol.